The van der Waals surface area contributed by atoms with E-state index in [-0.39, 0.29) is 0 Å². The molecule has 0 fully saturated rings. The standard InChI is InChI=1S/C15H15ClN4/c16-11-6-7-13-14(10-11)20-15(19-13)18-9-8-17-12-4-2-1-3-5-12/h1-7,10,17H,8-9H2,(H2,18,19,20). The molecule has 0 saturated carbocycles. The molecule has 0 unspecified atom stereocenters. The second kappa shape index (κ2) is 5.84. The van der Waals surface area contributed by atoms with Gasteiger partial charge in [0.25, 0.3) is 0 Å². The number of aromatic nitrogens is 2. The third-order valence-corrected chi connectivity index (χ3v) is 3.20. The molecule has 0 spiro atoms. The number of H-pyrrole nitrogens is 1. The van der Waals surface area contributed by atoms with Gasteiger partial charge in [-0.05, 0) is 30.3 Å². The van der Waals surface area contributed by atoms with Crippen LogP contribution in [0, 0.1) is 0 Å². The van der Waals surface area contributed by atoms with Gasteiger partial charge in [0, 0.05) is 23.8 Å². The summed E-state index contributed by atoms with van der Waals surface area (Å²) in [5.41, 5.74) is 2.97. The Bertz CT molecular complexity index is 693. The van der Waals surface area contributed by atoms with Crippen LogP contribution in [0.3, 0.4) is 0 Å². The van der Waals surface area contributed by atoms with E-state index in [1.165, 1.54) is 0 Å². The van der Waals surface area contributed by atoms with E-state index in [0.717, 1.165) is 35.8 Å². The quantitative estimate of drug-likeness (QED) is 0.626. The number of nitrogens with zero attached hydrogens (tertiary/aromatic N) is 1. The van der Waals surface area contributed by atoms with Crippen molar-refractivity contribution in [3.8, 4) is 0 Å². The van der Waals surface area contributed by atoms with Gasteiger partial charge in [-0.3, -0.25) is 0 Å². The molecule has 0 bridgehead atoms. The Morgan fingerprint density at radius 3 is 2.65 bits per heavy atom. The van der Waals surface area contributed by atoms with Gasteiger partial charge in [0.1, 0.15) is 0 Å². The number of fused-ring (bicyclic) bond motifs is 1. The SMILES string of the molecule is Clc1ccc2nc(NCCNc3ccccc3)[nH]c2c1. The van der Waals surface area contributed by atoms with E-state index in [1.54, 1.807) is 0 Å². The van der Waals surface area contributed by atoms with Crippen molar-refractivity contribution < 1.29 is 0 Å². The molecule has 2 aromatic carbocycles. The smallest absolute Gasteiger partial charge is 0.201 e. The van der Waals surface area contributed by atoms with Crippen molar-refractivity contribution in [1.29, 1.82) is 0 Å². The van der Waals surface area contributed by atoms with Crippen molar-refractivity contribution >= 4 is 34.3 Å². The predicted molar refractivity (Wildman–Crippen MR) is 84.5 cm³/mol. The Labute approximate surface area is 122 Å². The molecule has 3 aromatic rings. The number of halogens is 1. The van der Waals surface area contributed by atoms with Crippen molar-refractivity contribution in [2.45, 2.75) is 0 Å². The maximum absolute atomic E-state index is 5.94. The van der Waals surface area contributed by atoms with Crippen LogP contribution in [0.4, 0.5) is 11.6 Å². The van der Waals surface area contributed by atoms with Crippen LogP contribution in [0.5, 0.6) is 0 Å². The minimum absolute atomic E-state index is 0.707. The van der Waals surface area contributed by atoms with E-state index in [4.69, 9.17) is 11.6 Å². The third-order valence-electron chi connectivity index (χ3n) is 2.96. The number of imidazole rings is 1. The van der Waals surface area contributed by atoms with E-state index < -0.39 is 0 Å². The van der Waals surface area contributed by atoms with Gasteiger partial charge in [-0.25, -0.2) is 4.98 Å². The normalized spacial score (nSPS) is 10.7. The minimum Gasteiger partial charge on any atom is -0.383 e. The molecule has 20 heavy (non-hydrogen) atoms. The summed E-state index contributed by atoms with van der Waals surface area (Å²) in [5.74, 6) is 0.761. The summed E-state index contributed by atoms with van der Waals surface area (Å²) in [5, 5.41) is 7.29. The molecule has 3 N–H and O–H groups in total. The topological polar surface area (TPSA) is 52.7 Å². The molecule has 1 aromatic heterocycles. The van der Waals surface area contributed by atoms with Crippen LogP contribution >= 0.6 is 11.6 Å². The zero-order valence-electron chi connectivity index (χ0n) is 10.9. The van der Waals surface area contributed by atoms with Crippen LogP contribution in [0.2, 0.25) is 5.02 Å². The van der Waals surface area contributed by atoms with Crippen molar-refractivity contribution in [3.05, 3.63) is 53.6 Å². The Kier molecular flexibility index (Phi) is 3.74. The van der Waals surface area contributed by atoms with E-state index in [9.17, 15) is 0 Å². The first-order valence-electron chi connectivity index (χ1n) is 6.49. The average Bonchev–Trinajstić information content (AvgIpc) is 2.86. The minimum atomic E-state index is 0.707. The highest BCUT2D eigenvalue weighted by Gasteiger charge is 2.02. The second-order valence-corrected chi connectivity index (χ2v) is 4.90. The molecular weight excluding hydrogens is 272 g/mol. The number of benzene rings is 2. The molecule has 102 valence electrons. The average molecular weight is 287 g/mol. The molecule has 0 amide bonds. The molecule has 0 radical (unpaired) electrons. The third kappa shape index (κ3) is 3.03. The van der Waals surface area contributed by atoms with E-state index in [1.807, 2.05) is 48.5 Å². The van der Waals surface area contributed by atoms with Crippen molar-refractivity contribution in [1.82, 2.24) is 9.97 Å². The fourth-order valence-corrected chi connectivity index (χ4v) is 2.18. The van der Waals surface area contributed by atoms with Gasteiger partial charge in [0.15, 0.2) is 0 Å². The van der Waals surface area contributed by atoms with Gasteiger partial charge >= 0.3 is 0 Å². The maximum atomic E-state index is 5.94. The van der Waals surface area contributed by atoms with Gasteiger partial charge in [0.05, 0.1) is 11.0 Å². The number of hydrogen-bond acceptors (Lipinski definition) is 3. The second-order valence-electron chi connectivity index (χ2n) is 4.47. The summed E-state index contributed by atoms with van der Waals surface area (Å²) in [7, 11) is 0. The van der Waals surface area contributed by atoms with Crippen molar-refractivity contribution in [2.24, 2.45) is 0 Å². The maximum Gasteiger partial charge on any atom is 0.201 e. The molecule has 3 rings (SSSR count). The first-order chi connectivity index (χ1) is 9.81. The number of hydrogen-bond donors (Lipinski definition) is 3. The lowest BCUT2D eigenvalue weighted by Gasteiger charge is -2.06. The Balaban J connectivity index is 1.55. The lowest BCUT2D eigenvalue weighted by Crippen LogP contribution is -2.14. The zero-order chi connectivity index (χ0) is 13.8. The number of anilines is 2. The molecular formula is C15H15ClN4. The summed E-state index contributed by atoms with van der Waals surface area (Å²) in [4.78, 5) is 7.65. The Morgan fingerprint density at radius 1 is 1.00 bits per heavy atom. The van der Waals surface area contributed by atoms with Crippen LogP contribution < -0.4 is 10.6 Å². The molecule has 4 nitrogen and oxygen atoms in total. The highest BCUT2D eigenvalue weighted by Crippen LogP contribution is 2.18. The van der Waals surface area contributed by atoms with Gasteiger partial charge in [-0.2, -0.15) is 0 Å². The number of nitrogens with one attached hydrogen (secondary N) is 3. The van der Waals surface area contributed by atoms with Crippen LogP contribution in [-0.4, -0.2) is 23.1 Å². The van der Waals surface area contributed by atoms with Crippen molar-refractivity contribution in [2.75, 3.05) is 23.7 Å². The molecule has 0 aliphatic rings. The fourth-order valence-electron chi connectivity index (χ4n) is 2.01. The molecule has 0 atom stereocenters. The molecule has 0 aliphatic carbocycles. The largest absolute Gasteiger partial charge is 0.383 e. The molecule has 0 saturated heterocycles. The van der Waals surface area contributed by atoms with Gasteiger partial charge in [-0.15, -0.1) is 0 Å². The highest BCUT2D eigenvalue weighted by atomic mass is 35.5. The molecule has 1 heterocycles. The van der Waals surface area contributed by atoms with Gasteiger partial charge in [-0.1, -0.05) is 29.8 Å². The van der Waals surface area contributed by atoms with Gasteiger partial charge in [0.2, 0.25) is 5.95 Å². The van der Waals surface area contributed by atoms with Crippen LogP contribution in [0.25, 0.3) is 11.0 Å². The Morgan fingerprint density at radius 2 is 1.80 bits per heavy atom. The number of aromatic amines is 1. The van der Waals surface area contributed by atoms with E-state index in [0.29, 0.717) is 5.02 Å². The van der Waals surface area contributed by atoms with Crippen LogP contribution in [0.1, 0.15) is 0 Å². The Hall–Kier alpha value is -2.20. The van der Waals surface area contributed by atoms with Crippen LogP contribution in [0.15, 0.2) is 48.5 Å². The first kappa shape index (κ1) is 12.8. The predicted octanol–water partition coefficient (Wildman–Crippen LogP) is 3.74. The lowest BCUT2D eigenvalue weighted by molar-refractivity contribution is 1.05. The summed E-state index contributed by atoms with van der Waals surface area (Å²) in [6.07, 6.45) is 0. The fraction of sp³-hybridized carbons (Fsp3) is 0.133. The molecule has 5 heteroatoms. The summed E-state index contributed by atoms with van der Waals surface area (Å²) < 4.78 is 0. The van der Waals surface area contributed by atoms with Crippen LogP contribution in [-0.2, 0) is 0 Å². The van der Waals surface area contributed by atoms with Gasteiger partial charge < -0.3 is 15.6 Å². The number of rotatable bonds is 5. The number of para-hydroxylation sites is 1. The summed E-state index contributed by atoms with van der Waals surface area (Å²) in [6, 6.07) is 15.7. The highest BCUT2D eigenvalue weighted by molar-refractivity contribution is 6.31. The lowest BCUT2D eigenvalue weighted by atomic mass is 10.3. The first-order valence-corrected chi connectivity index (χ1v) is 6.87. The summed E-state index contributed by atoms with van der Waals surface area (Å²) in [6.45, 7) is 1.60. The molecule has 0 aliphatic heterocycles. The zero-order valence-corrected chi connectivity index (χ0v) is 11.6. The van der Waals surface area contributed by atoms with E-state index in [2.05, 4.69) is 20.6 Å². The van der Waals surface area contributed by atoms with Crippen molar-refractivity contribution in [3.63, 3.8) is 0 Å². The van der Waals surface area contributed by atoms with E-state index >= 15 is 0 Å². The summed E-state index contributed by atoms with van der Waals surface area (Å²) >= 11 is 5.94. The monoisotopic (exact) mass is 286 g/mol.